The predicted octanol–water partition coefficient (Wildman–Crippen LogP) is 1.63. The Kier molecular flexibility index (Phi) is 2.49. The van der Waals surface area contributed by atoms with Crippen LogP contribution in [0, 0.1) is 5.92 Å². The first kappa shape index (κ1) is 7.03. The zero-order valence-corrected chi connectivity index (χ0v) is 6.26. The molecule has 0 bridgehead atoms. The Morgan fingerprint density at radius 3 is 2.33 bits per heavy atom. The summed E-state index contributed by atoms with van der Waals surface area (Å²) in [5.41, 5.74) is 0. The molecule has 0 aromatic carbocycles. The Bertz CT molecular complexity index is 77.0. The maximum absolute atomic E-state index is 4.98. The van der Waals surface area contributed by atoms with Gasteiger partial charge in [0.25, 0.3) is 0 Å². The van der Waals surface area contributed by atoms with E-state index in [0.717, 1.165) is 19.2 Å². The molecule has 2 heteroatoms. The van der Waals surface area contributed by atoms with Crippen molar-refractivity contribution in [2.24, 2.45) is 5.92 Å². The molecule has 0 aromatic rings. The number of hydroxylamine groups is 2. The average Bonchev–Trinajstić information content (AvgIpc) is 2.66. The summed E-state index contributed by atoms with van der Waals surface area (Å²) in [4.78, 5) is 4.98. The van der Waals surface area contributed by atoms with Crippen LogP contribution in [-0.2, 0) is 4.84 Å². The van der Waals surface area contributed by atoms with Crippen LogP contribution in [0.25, 0.3) is 0 Å². The van der Waals surface area contributed by atoms with Gasteiger partial charge in [-0.15, -0.1) is 0 Å². The number of nitrogens with zero attached hydrogens (tertiary/aromatic N) is 1. The van der Waals surface area contributed by atoms with Gasteiger partial charge >= 0.3 is 0 Å². The first-order chi connectivity index (χ1) is 4.36. The fraction of sp³-hybridized carbons (Fsp3) is 1.00. The molecule has 0 aromatic heterocycles. The Balaban J connectivity index is 2.05. The maximum atomic E-state index is 4.98. The largest absolute Gasteiger partial charge is 0.279 e. The van der Waals surface area contributed by atoms with Crippen LogP contribution in [0.5, 0.6) is 0 Å². The van der Waals surface area contributed by atoms with Crippen LogP contribution in [0.3, 0.4) is 0 Å². The molecular formula is C7H15NO. The van der Waals surface area contributed by atoms with Crippen LogP contribution in [0.15, 0.2) is 0 Å². The second-order valence-electron chi connectivity index (χ2n) is 2.61. The minimum absolute atomic E-state index is 0.840. The van der Waals surface area contributed by atoms with Crippen molar-refractivity contribution in [2.75, 3.05) is 13.3 Å². The first-order valence-corrected chi connectivity index (χ1v) is 3.74. The minimum atomic E-state index is 0.840. The summed E-state index contributed by atoms with van der Waals surface area (Å²) in [6.07, 6.45) is 2.55. The lowest BCUT2D eigenvalue weighted by molar-refractivity contribution is 0.171. The fourth-order valence-electron chi connectivity index (χ4n) is 0.981. The highest BCUT2D eigenvalue weighted by Crippen LogP contribution is 2.15. The number of hydrogen-bond acceptors (Lipinski definition) is 2. The van der Waals surface area contributed by atoms with E-state index in [9.17, 15) is 0 Å². The van der Waals surface area contributed by atoms with E-state index >= 15 is 0 Å². The molecule has 2 nitrogen and oxygen atoms in total. The monoisotopic (exact) mass is 129 g/mol. The molecule has 1 saturated heterocycles. The van der Waals surface area contributed by atoms with Crippen molar-refractivity contribution in [3.05, 3.63) is 0 Å². The molecule has 1 heterocycles. The molecule has 1 rings (SSSR count). The lowest BCUT2D eigenvalue weighted by atomic mass is 10.0. The normalized spacial score (nSPS) is 25.0. The summed E-state index contributed by atoms with van der Waals surface area (Å²) in [5, 5.41) is 2.01. The van der Waals surface area contributed by atoms with Gasteiger partial charge in [-0.3, -0.25) is 4.84 Å². The van der Waals surface area contributed by atoms with Crippen molar-refractivity contribution in [3.8, 4) is 0 Å². The van der Waals surface area contributed by atoms with E-state index in [1.165, 1.54) is 12.8 Å². The highest BCUT2D eigenvalue weighted by Gasteiger charge is 2.21. The average molecular weight is 129 g/mol. The number of rotatable bonds is 4. The lowest BCUT2D eigenvalue weighted by Gasteiger charge is -2.08. The third-order valence-electron chi connectivity index (χ3n) is 1.93. The third-order valence-corrected chi connectivity index (χ3v) is 1.93. The van der Waals surface area contributed by atoms with E-state index in [1.54, 1.807) is 0 Å². The molecule has 1 atom stereocenters. The van der Waals surface area contributed by atoms with Gasteiger partial charge in [-0.05, 0) is 5.92 Å². The molecule has 1 aliphatic rings. The summed E-state index contributed by atoms with van der Waals surface area (Å²) < 4.78 is 0. The van der Waals surface area contributed by atoms with Crippen molar-refractivity contribution in [1.29, 1.82) is 0 Å². The van der Waals surface area contributed by atoms with Gasteiger partial charge in [0.1, 0.15) is 6.73 Å². The molecule has 0 N–H and O–H groups in total. The van der Waals surface area contributed by atoms with Crippen molar-refractivity contribution >= 4 is 0 Å². The summed E-state index contributed by atoms with van der Waals surface area (Å²) in [6.45, 7) is 6.46. The van der Waals surface area contributed by atoms with Gasteiger partial charge in [0.05, 0.1) is 0 Å². The van der Waals surface area contributed by atoms with Gasteiger partial charge < -0.3 is 0 Å². The molecule has 54 valence electrons. The van der Waals surface area contributed by atoms with E-state index < -0.39 is 0 Å². The molecule has 1 aliphatic heterocycles. The summed E-state index contributed by atoms with van der Waals surface area (Å²) in [6, 6.07) is 0. The molecule has 0 aliphatic carbocycles. The maximum Gasteiger partial charge on any atom is 0.144 e. The Morgan fingerprint density at radius 2 is 2.00 bits per heavy atom. The van der Waals surface area contributed by atoms with Gasteiger partial charge in [0, 0.05) is 6.54 Å². The van der Waals surface area contributed by atoms with Crippen molar-refractivity contribution in [3.63, 3.8) is 0 Å². The third kappa shape index (κ3) is 2.33. The van der Waals surface area contributed by atoms with E-state index in [0.29, 0.717) is 0 Å². The lowest BCUT2D eigenvalue weighted by Crippen LogP contribution is -2.10. The van der Waals surface area contributed by atoms with Crippen molar-refractivity contribution in [2.45, 2.75) is 26.7 Å². The summed E-state index contributed by atoms with van der Waals surface area (Å²) in [7, 11) is 0. The predicted molar refractivity (Wildman–Crippen MR) is 36.7 cm³/mol. The smallest absolute Gasteiger partial charge is 0.144 e. The standard InChI is InChI=1S/C7H15NO/c1-3-7(4-2)5-8-6-9-8/h7H,3-6H2,1-2H3. The van der Waals surface area contributed by atoms with Gasteiger partial charge in [-0.2, -0.15) is 5.06 Å². The zero-order chi connectivity index (χ0) is 6.69. The molecule has 0 spiro atoms. The topological polar surface area (TPSA) is 15.5 Å². The molecule has 0 radical (unpaired) electrons. The molecule has 0 saturated carbocycles. The highest BCUT2D eigenvalue weighted by atomic mass is 16.8. The highest BCUT2D eigenvalue weighted by molar-refractivity contribution is 4.59. The molecular weight excluding hydrogens is 114 g/mol. The van der Waals surface area contributed by atoms with E-state index in [4.69, 9.17) is 4.84 Å². The minimum Gasteiger partial charge on any atom is -0.279 e. The summed E-state index contributed by atoms with van der Waals surface area (Å²) >= 11 is 0. The van der Waals surface area contributed by atoms with E-state index in [-0.39, 0.29) is 0 Å². The van der Waals surface area contributed by atoms with Gasteiger partial charge in [-0.1, -0.05) is 26.7 Å². The first-order valence-electron chi connectivity index (χ1n) is 3.74. The van der Waals surface area contributed by atoms with Gasteiger partial charge in [-0.25, -0.2) is 0 Å². The van der Waals surface area contributed by atoms with Gasteiger partial charge in [0.2, 0.25) is 0 Å². The summed E-state index contributed by atoms with van der Waals surface area (Å²) in [5.74, 6) is 0.840. The zero-order valence-electron chi connectivity index (χ0n) is 6.26. The van der Waals surface area contributed by atoms with E-state index in [1.807, 2.05) is 5.06 Å². The molecule has 1 fully saturated rings. The van der Waals surface area contributed by atoms with Crippen LogP contribution in [-0.4, -0.2) is 18.3 Å². The second-order valence-corrected chi connectivity index (χ2v) is 2.61. The van der Waals surface area contributed by atoms with Gasteiger partial charge in [0.15, 0.2) is 0 Å². The Labute approximate surface area is 56.8 Å². The molecule has 0 amide bonds. The molecule has 1 unspecified atom stereocenters. The van der Waals surface area contributed by atoms with Crippen molar-refractivity contribution in [1.82, 2.24) is 5.06 Å². The van der Waals surface area contributed by atoms with Crippen LogP contribution < -0.4 is 0 Å². The van der Waals surface area contributed by atoms with Crippen LogP contribution in [0.4, 0.5) is 0 Å². The number of hydrogen-bond donors (Lipinski definition) is 0. The Morgan fingerprint density at radius 1 is 1.44 bits per heavy atom. The second kappa shape index (κ2) is 3.18. The van der Waals surface area contributed by atoms with Crippen LogP contribution in [0.2, 0.25) is 0 Å². The SMILES string of the molecule is CCC(CC)CN1CO1. The Hall–Kier alpha value is -0.0800. The molecule has 9 heavy (non-hydrogen) atoms. The van der Waals surface area contributed by atoms with Crippen LogP contribution in [0.1, 0.15) is 26.7 Å². The fourth-order valence-corrected chi connectivity index (χ4v) is 0.981. The quantitative estimate of drug-likeness (QED) is 0.536. The van der Waals surface area contributed by atoms with Crippen LogP contribution >= 0.6 is 0 Å². The van der Waals surface area contributed by atoms with E-state index in [2.05, 4.69) is 13.8 Å². The van der Waals surface area contributed by atoms with Crippen molar-refractivity contribution < 1.29 is 4.84 Å².